The summed E-state index contributed by atoms with van der Waals surface area (Å²) in [5.74, 6) is -1.26. The summed E-state index contributed by atoms with van der Waals surface area (Å²) in [4.78, 5) is 38.1. The molecule has 0 unspecified atom stereocenters. The summed E-state index contributed by atoms with van der Waals surface area (Å²) in [6.45, 7) is 3.59. The van der Waals surface area contributed by atoms with Gasteiger partial charge < -0.3 is 9.84 Å². The highest BCUT2D eigenvalue weighted by Gasteiger charge is 2.33. The predicted octanol–water partition coefficient (Wildman–Crippen LogP) is 3.52. The van der Waals surface area contributed by atoms with Gasteiger partial charge in [0, 0.05) is 27.7 Å². The summed E-state index contributed by atoms with van der Waals surface area (Å²) in [5.41, 5.74) is 2.59. The van der Waals surface area contributed by atoms with Crippen LogP contribution in [0, 0.1) is 0 Å². The van der Waals surface area contributed by atoms with Gasteiger partial charge in [-0.1, -0.05) is 24.3 Å². The quantitative estimate of drug-likeness (QED) is 0.761. The number of hydrogen-bond donors (Lipinski definition) is 1. The molecular weight excluding hydrogens is 404 g/mol. The maximum absolute atomic E-state index is 12.8. The SMILES string of the molecule is CCOC(=O)c1ccc(N2N=C3C(=C(C)C(=O)c4ccccc43)SCC2=O)cc1O. The fourth-order valence-electron chi connectivity index (χ4n) is 3.35. The summed E-state index contributed by atoms with van der Waals surface area (Å²) >= 11 is 1.27. The zero-order valence-electron chi connectivity index (χ0n) is 16.3. The number of ether oxygens (including phenoxy) is 1. The van der Waals surface area contributed by atoms with E-state index in [1.54, 1.807) is 32.0 Å². The van der Waals surface area contributed by atoms with E-state index >= 15 is 0 Å². The third-order valence-corrected chi connectivity index (χ3v) is 6.00. The fraction of sp³-hybridized carbons (Fsp3) is 0.182. The maximum atomic E-state index is 12.8. The minimum Gasteiger partial charge on any atom is -0.507 e. The average Bonchev–Trinajstić information content (AvgIpc) is 2.91. The number of thioether (sulfide) groups is 1. The van der Waals surface area contributed by atoms with Gasteiger partial charge in [0.1, 0.15) is 17.0 Å². The third kappa shape index (κ3) is 3.29. The molecule has 0 aromatic heterocycles. The number of anilines is 1. The number of benzene rings is 2. The molecule has 2 aromatic carbocycles. The van der Waals surface area contributed by atoms with Crippen molar-refractivity contribution in [2.45, 2.75) is 13.8 Å². The molecule has 1 amide bonds. The second kappa shape index (κ2) is 7.79. The Bertz CT molecular complexity index is 1150. The van der Waals surface area contributed by atoms with Crippen LogP contribution in [0.15, 0.2) is 58.0 Å². The summed E-state index contributed by atoms with van der Waals surface area (Å²) in [7, 11) is 0. The van der Waals surface area contributed by atoms with Crippen molar-refractivity contribution in [1.82, 2.24) is 0 Å². The molecule has 0 saturated carbocycles. The molecule has 1 heterocycles. The summed E-state index contributed by atoms with van der Waals surface area (Å²) in [6.07, 6.45) is 0. The number of allylic oxidation sites excluding steroid dienone is 2. The van der Waals surface area contributed by atoms with Crippen molar-refractivity contribution in [3.8, 4) is 5.75 Å². The van der Waals surface area contributed by atoms with Crippen molar-refractivity contribution < 1.29 is 24.2 Å². The molecule has 1 N–H and O–H groups in total. The molecule has 0 spiro atoms. The van der Waals surface area contributed by atoms with E-state index in [2.05, 4.69) is 5.10 Å². The number of nitrogens with zero attached hydrogens (tertiary/aromatic N) is 2. The fourth-order valence-corrected chi connectivity index (χ4v) is 4.34. The van der Waals surface area contributed by atoms with Crippen LogP contribution < -0.4 is 5.01 Å². The number of carbonyl (C=O) groups is 3. The van der Waals surface area contributed by atoms with Crippen LogP contribution in [0.3, 0.4) is 0 Å². The lowest BCUT2D eigenvalue weighted by Gasteiger charge is -2.21. The predicted molar refractivity (Wildman–Crippen MR) is 114 cm³/mol. The van der Waals surface area contributed by atoms with Crippen LogP contribution in [-0.4, -0.2) is 40.8 Å². The van der Waals surface area contributed by atoms with Gasteiger partial charge in [-0.2, -0.15) is 10.1 Å². The number of phenolic OH excluding ortho intramolecular Hbond substituents is 1. The second-order valence-electron chi connectivity index (χ2n) is 6.69. The van der Waals surface area contributed by atoms with Crippen molar-refractivity contribution in [3.05, 3.63) is 69.6 Å². The van der Waals surface area contributed by atoms with E-state index in [1.807, 2.05) is 6.07 Å². The van der Waals surface area contributed by atoms with E-state index in [0.717, 1.165) is 0 Å². The number of rotatable bonds is 3. The topological polar surface area (TPSA) is 96.3 Å². The Morgan fingerprint density at radius 1 is 1.20 bits per heavy atom. The van der Waals surface area contributed by atoms with Crippen molar-refractivity contribution in [2.75, 3.05) is 17.4 Å². The Morgan fingerprint density at radius 3 is 2.63 bits per heavy atom. The Balaban J connectivity index is 1.82. The normalized spacial score (nSPS) is 15.9. The lowest BCUT2D eigenvalue weighted by atomic mass is 9.89. The van der Waals surface area contributed by atoms with E-state index < -0.39 is 5.97 Å². The number of hydrogen-bond acceptors (Lipinski definition) is 7. The van der Waals surface area contributed by atoms with Gasteiger partial charge in [-0.3, -0.25) is 9.59 Å². The molecule has 0 bridgehead atoms. The number of carbonyl (C=O) groups excluding carboxylic acids is 3. The zero-order valence-corrected chi connectivity index (χ0v) is 17.2. The lowest BCUT2D eigenvalue weighted by Crippen LogP contribution is -2.27. The molecule has 0 atom stereocenters. The first-order chi connectivity index (χ1) is 14.4. The number of esters is 1. The van der Waals surface area contributed by atoms with Crippen molar-refractivity contribution in [2.24, 2.45) is 5.10 Å². The number of fused-ring (bicyclic) bond motifs is 3. The number of aromatic hydroxyl groups is 1. The Hall–Kier alpha value is -3.39. The third-order valence-electron chi connectivity index (χ3n) is 4.82. The van der Waals surface area contributed by atoms with Crippen LogP contribution in [0.1, 0.15) is 40.1 Å². The molecule has 0 radical (unpaired) electrons. The summed E-state index contributed by atoms with van der Waals surface area (Å²) in [6, 6.07) is 11.4. The number of amides is 1. The molecule has 8 heteroatoms. The molecule has 0 saturated heterocycles. The molecule has 4 rings (SSSR count). The molecule has 30 heavy (non-hydrogen) atoms. The van der Waals surface area contributed by atoms with Crippen LogP contribution in [0.5, 0.6) is 5.75 Å². The maximum Gasteiger partial charge on any atom is 0.341 e. The minimum atomic E-state index is -0.647. The monoisotopic (exact) mass is 422 g/mol. The smallest absolute Gasteiger partial charge is 0.341 e. The number of Topliss-reactive ketones (excluding diaryl/α,β-unsaturated/α-hetero) is 1. The van der Waals surface area contributed by atoms with Crippen molar-refractivity contribution >= 4 is 40.8 Å². The zero-order chi connectivity index (χ0) is 21.4. The average molecular weight is 422 g/mol. The highest BCUT2D eigenvalue weighted by Crippen LogP contribution is 2.37. The van der Waals surface area contributed by atoms with Gasteiger partial charge in [-0.25, -0.2) is 4.79 Å². The lowest BCUT2D eigenvalue weighted by molar-refractivity contribution is -0.116. The van der Waals surface area contributed by atoms with E-state index in [9.17, 15) is 19.5 Å². The van der Waals surface area contributed by atoms with Gasteiger partial charge in [0.15, 0.2) is 5.78 Å². The van der Waals surface area contributed by atoms with E-state index in [-0.39, 0.29) is 35.4 Å². The first-order valence-corrected chi connectivity index (χ1v) is 10.3. The highest BCUT2D eigenvalue weighted by atomic mass is 32.2. The molecule has 7 nitrogen and oxygen atoms in total. The first-order valence-electron chi connectivity index (χ1n) is 9.32. The molecule has 152 valence electrons. The van der Waals surface area contributed by atoms with Crippen LogP contribution in [-0.2, 0) is 9.53 Å². The molecule has 1 aliphatic carbocycles. The molecule has 0 fully saturated rings. The Morgan fingerprint density at radius 2 is 1.93 bits per heavy atom. The standard InChI is InChI=1S/C22H18N2O5S/c1-3-29-22(28)16-9-8-13(10-17(16)25)24-18(26)11-30-21-12(2)20(27)15-7-5-4-6-14(15)19(21)23-24/h4-10,25H,3,11H2,1-2H3. The highest BCUT2D eigenvalue weighted by molar-refractivity contribution is 8.04. The summed E-state index contributed by atoms with van der Waals surface area (Å²) in [5, 5.41) is 16.1. The van der Waals surface area contributed by atoms with Crippen LogP contribution in [0.4, 0.5) is 5.69 Å². The summed E-state index contributed by atoms with van der Waals surface area (Å²) < 4.78 is 4.92. The van der Waals surface area contributed by atoms with Crippen LogP contribution in [0.2, 0.25) is 0 Å². The molecular formula is C22H18N2O5S. The van der Waals surface area contributed by atoms with Crippen molar-refractivity contribution in [3.63, 3.8) is 0 Å². The van der Waals surface area contributed by atoms with E-state index in [0.29, 0.717) is 33.0 Å². The Kier molecular flexibility index (Phi) is 5.17. The second-order valence-corrected chi connectivity index (χ2v) is 7.68. The van der Waals surface area contributed by atoms with Crippen LogP contribution >= 0.6 is 11.8 Å². The van der Waals surface area contributed by atoms with Gasteiger partial charge in [-0.05, 0) is 26.0 Å². The van der Waals surface area contributed by atoms with E-state index in [4.69, 9.17) is 4.74 Å². The van der Waals surface area contributed by atoms with E-state index in [1.165, 1.54) is 35.0 Å². The van der Waals surface area contributed by atoms with Gasteiger partial charge in [0.05, 0.1) is 18.0 Å². The van der Waals surface area contributed by atoms with Gasteiger partial charge in [0.2, 0.25) is 0 Å². The number of hydrazone groups is 1. The number of ketones is 1. The van der Waals surface area contributed by atoms with Crippen molar-refractivity contribution in [1.29, 1.82) is 0 Å². The Labute approximate surface area is 177 Å². The molecule has 2 aromatic rings. The minimum absolute atomic E-state index is 0.00920. The van der Waals surface area contributed by atoms with Crippen LogP contribution in [0.25, 0.3) is 0 Å². The van der Waals surface area contributed by atoms with Gasteiger partial charge >= 0.3 is 5.97 Å². The number of phenols is 1. The molecule has 2 aliphatic rings. The van der Waals surface area contributed by atoms with Gasteiger partial charge in [0.25, 0.3) is 5.91 Å². The largest absolute Gasteiger partial charge is 0.507 e. The van der Waals surface area contributed by atoms with Gasteiger partial charge in [-0.15, -0.1) is 11.8 Å². The molecule has 1 aliphatic heterocycles. The first kappa shape index (κ1) is 19.9.